The second-order valence-corrected chi connectivity index (χ2v) is 5.32. The van der Waals surface area contributed by atoms with Gasteiger partial charge in [-0.2, -0.15) is 0 Å². The monoisotopic (exact) mass is 247 g/mol. The molecule has 0 atom stereocenters. The molecule has 1 aliphatic heterocycles. The van der Waals surface area contributed by atoms with Crippen LogP contribution >= 0.6 is 0 Å². The first kappa shape index (κ1) is 12.9. The summed E-state index contributed by atoms with van der Waals surface area (Å²) in [4.78, 5) is 18.2. The second-order valence-electron chi connectivity index (χ2n) is 5.32. The van der Waals surface area contributed by atoms with Gasteiger partial charge in [0.2, 0.25) is 0 Å². The third-order valence-corrected chi connectivity index (χ3v) is 3.76. The fourth-order valence-corrected chi connectivity index (χ4v) is 2.50. The number of nitrogens with two attached hydrogens (primary N) is 1. The summed E-state index contributed by atoms with van der Waals surface area (Å²) < 4.78 is 0. The molecule has 2 rings (SSSR count). The number of piperidine rings is 1. The average Bonchev–Trinajstić information content (AvgIpc) is 2.38. The summed E-state index contributed by atoms with van der Waals surface area (Å²) in [7, 11) is 0. The maximum atomic E-state index is 12.2. The number of likely N-dealkylation sites (tertiary alicyclic amines) is 1. The van der Waals surface area contributed by atoms with Gasteiger partial charge in [-0.05, 0) is 36.8 Å². The van der Waals surface area contributed by atoms with E-state index in [1.165, 1.54) is 0 Å². The van der Waals surface area contributed by atoms with Crippen LogP contribution in [0.4, 0.5) is 5.82 Å². The lowest BCUT2D eigenvalue weighted by molar-refractivity contribution is 0.0662. The van der Waals surface area contributed by atoms with Gasteiger partial charge >= 0.3 is 0 Å². The zero-order valence-corrected chi connectivity index (χ0v) is 11.1. The molecule has 4 nitrogen and oxygen atoms in total. The number of carbonyl (C=O) groups is 1. The van der Waals surface area contributed by atoms with Gasteiger partial charge in [0.05, 0.1) is 0 Å². The number of amides is 1. The Morgan fingerprint density at radius 2 is 2.06 bits per heavy atom. The molecule has 0 bridgehead atoms. The third kappa shape index (κ3) is 2.81. The maximum absolute atomic E-state index is 12.2. The van der Waals surface area contributed by atoms with E-state index in [0.717, 1.165) is 31.8 Å². The van der Waals surface area contributed by atoms with Gasteiger partial charge in [-0.15, -0.1) is 0 Å². The first-order valence-electron chi connectivity index (χ1n) is 6.59. The molecule has 1 amide bonds. The van der Waals surface area contributed by atoms with Gasteiger partial charge in [0, 0.05) is 13.1 Å². The molecule has 2 heterocycles. The molecule has 1 aromatic rings. The van der Waals surface area contributed by atoms with Gasteiger partial charge in [0.15, 0.2) is 0 Å². The fraction of sp³-hybridized carbons (Fsp3) is 0.571. The molecule has 1 fully saturated rings. The van der Waals surface area contributed by atoms with Crippen molar-refractivity contribution in [2.45, 2.75) is 26.7 Å². The molecule has 0 aliphatic carbocycles. The second kappa shape index (κ2) is 5.38. The standard InChI is InChI=1S/C14H21N3O/c1-10(2)11-6-8-17(9-7-11)14(18)12-4-3-5-13(15)16-12/h3-5,10-11H,6-9H2,1-2H3,(H2,15,16). The smallest absolute Gasteiger partial charge is 0.272 e. The normalized spacial score (nSPS) is 17.2. The summed E-state index contributed by atoms with van der Waals surface area (Å²) in [5.74, 6) is 1.85. The van der Waals surface area contributed by atoms with Crippen molar-refractivity contribution in [1.29, 1.82) is 0 Å². The van der Waals surface area contributed by atoms with Crippen LogP contribution in [-0.2, 0) is 0 Å². The van der Waals surface area contributed by atoms with E-state index in [1.54, 1.807) is 18.2 Å². The van der Waals surface area contributed by atoms with Crippen molar-refractivity contribution in [3.05, 3.63) is 23.9 Å². The van der Waals surface area contributed by atoms with Crippen LogP contribution in [-0.4, -0.2) is 28.9 Å². The lowest BCUT2D eigenvalue weighted by Crippen LogP contribution is -2.39. The molecule has 0 aromatic carbocycles. The molecule has 0 radical (unpaired) electrons. The molecule has 18 heavy (non-hydrogen) atoms. The molecule has 0 spiro atoms. The minimum atomic E-state index is 0.00417. The SMILES string of the molecule is CC(C)C1CCN(C(=O)c2cccc(N)n2)CC1. The quantitative estimate of drug-likeness (QED) is 0.871. The predicted molar refractivity (Wildman–Crippen MR) is 72.1 cm³/mol. The minimum Gasteiger partial charge on any atom is -0.384 e. The first-order valence-corrected chi connectivity index (χ1v) is 6.59. The number of rotatable bonds is 2. The van der Waals surface area contributed by atoms with Crippen LogP contribution in [0.25, 0.3) is 0 Å². The van der Waals surface area contributed by atoms with E-state index in [-0.39, 0.29) is 5.91 Å². The fourth-order valence-electron chi connectivity index (χ4n) is 2.50. The van der Waals surface area contributed by atoms with Gasteiger partial charge in [-0.25, -0.2) is 4.98 Å². The summed E-state index contributed by atoms with van der Waals surface area (Å²) in [5, 5.41) is 0. The van der Waals surface area contributed by atoms with Crippen molar-refractivity contribution in [1.82, 2.24) is 9.88 Å². The predicted octanol–water partition coefficient (Wildman–Crippen LogP) is 2.17. The molecule has 1 aromatic heterocycles. The van der Waals surface area contributed by atoms with E-state index in [4.69, 9.17) is 5.73 Å². The van der Waals surface area contributed by atoms with E-state index in [0.29, 0.717) is 17.4 Å². The topological polar surface area (TPSA) is 59.2 Å². The van der Waals surface area contributed by atoms with Crippen LogP contribution in [0.3, 0.4) is 0 Å². The van der Waals surface area contributed by atoms with Crippen molar-refractivity contribution in [3.8, 4) is 0 Å². The summed E-state index contributed by atoms with van der Waals surface area (Å²) in [6.45, 7) is 6.17. The van der Waals surface area contributed by atoms with E-state index < -0.39 is 0 Å². The highest BCUT2D eigenvalue weighted by molar-refractivity contribution is 5.92. The number of nitrogen functional groups attached to an aromatic ring is 1. The number of aromatic nitrogens is 1. The maximum Gasteiger partial charge on any atom is 0.272 e. The van der Waals surface area contributed by atoms with Crippen molar-refractivity contribution < 1.29 is 4.79 Å². The summed E-state index contributed by atoms with van der Waals surface area (Å²) in [6.07, 6.45) is 2.18. The van der Waals surface area contributed by atoms with Gasteiger partial charge in [0.25, 0.3) is 5.91 Å². The summed E-state index contributed by atoms with van der Waals surface area (Å²) in [6, 6.07) is 5.20. The number of nitrogens with zero attached hydrogens (tertiary/aromatic N) is 2. The number of carbonyl (C=O) groups excluding carboxylic acids is 1. The Kier molecular flexibility index (Phi) is 3.84. The van der Waals surface area contributed by atoms with Crippen LogP contribution in [0.5, 0.6) is 0 Å². The summed E-state index contributed by atoms with van der Waals surface area (Å²) in [5.41, 5.74) is 6.06. The lowest BCUT2D eigenvalue weighted by Gasteiger charge is -2.33. The van der Waals surface area contributed by atoms with Gasteiger partial charge < -0.3 is 10.6 Å². The zero-order valence-electron chi connectivity index (χ0n) is 11.1. The molecule has 98 valence electrons. The third-order valence-electron chi connectivity index (χ3n) is 3.76. The van der Waals surface area contributed by atoms with Crippen molar-refractivity contribution in [3.63, 3.8) is 0 Å². The minimum absolute atomic E-state index is 0.00417. The molecular formula is C14H21N3O. The largest absolute Gasteiger partial charge is 0.384 e. The van der Waals surface area contributed by atoms with Gasteiger partial charge in [-0.1, -0.05) is 19.9 Å². The Bertz CT molecular complexity index is 423. The Hall–Kier alpha value is -1.58. The van der Waals surface area contributed by atoms with Crippen molar-refractivity contribution in [2.24, 2.45) is 11.8 Å². The molecular weight excluding hydrogens is 226 g/mol. The highest BCUT2D eigenvalue weighted by Gasteiger charge is 2.25. The molecule has 2 N–H and O–H groups in total. The van der Waals surface area contributed by atoms with E-state index in [2.05, 4.69) is 18.8 Å². The Labute approximate surface area is 108 Å². The van der Waals surface area contributed by atoms with Crippen molar-refractivity contribution in [2.75, 3.05) is 18.8 Å². The molecule has 4 heteroatoms. The van der Waals surface area contributed by atoms with Crippen molar-refractivity contribution >= 4 is 11.7 Å². The number of hydrogen-bond donors (Lipinski definition) is 1. The first-order chi connectivity index (χ1) is 8.58. The number of pyridine rings is 1. The van der Waals surface area contributed by atoms with Crippen LogP contribution in [0.2, 0.25) is 0 Å². The Balaban J connectivity index is 1.99. The van der Waals surface area contributed by atoms with Gasteiger partial charge in [0.1, 0.15) is 11.5 Å². The van der Waals surface area contributed by atoms with Crippen LogP contribution < -0.4 is 5.73 Å². The van der Waals surface area contributed by atoms with E-state index >= 15 is 0 Å². The lowest BCUT2D eigenvalue weighted by atomic mass is 9.86. The van der Waals surface area contributed by atoms with Gasteiger partial charge in [-0.3, -0.25) is 4.79 Å². The van der Waals surface area contributed by atoms with Crippen LogP contribution in [0.1, 0.15) is 37.2 Å². The zero-order chi connectivity index (χ0) is 13.1. The number of anilines is 1. The summed E-state index contributed by atoms with van der Waals surface area (Å²) >= 11 is 0. The van der Waals surface area contributed by atoms with Crippen LogP contribution in [0, 0.1) is 11.8 Å². The Morgan fingerprint density at radius 3 is 2.61 bits per heavy atom. The molecule has 1 aliphatic rings. The highest BCUT2D eigenvalue weighted by atomic mass is 16.2. The highest BCUT2D eigenvalue weighted by Crippen LogP contribution is 2.25. The average molecular weight is 247 g/mol. The van der Waals surface area contributed by atoms with E-state index in [9.17, 15) is 4.79 Å². The molecule has 0 saturated carbocycles. The van der Waals surface area contributed by atoms with E-state index in [1.807, 2.05) is 4.90 Å². The molecule has 0 unspecified atom stereocenters. The molecule has 1 saturated heterocycles. The Morgan fingerprint density at radius 1 is 1.39 bits per heavy atom. The number of hydrogen-bond acceptors (Lipinski definition) is 3. The van der Waals surface area contributed by atoms with Crippen LogP contribution in [0.15, 0.2) is 18.2 Å².